The minimum atomic E-state index is -0.506. The topological polar surface area (TPSA) is 91.3 Å². The molecule has 2 aromatic rings. The Morgan fingerprint density at radius 3 is 2.85 bits per heavy atom. The first-order valence-corrected chi connectivity index (χ1v) is 6.78. The predicted octanol–water partition coefficient (Wildman–Crippen LogP) is 3.50. The standard InChI is InChI=1S/C12H12BrN3O4/c1-3-8(13)12-15-14-11(20-12)7-4-5-9(16(17)18)10(6-7)19-2/h4-6,8H,3H2,1-2H3. The molecule has 1 aromatic carbocycles. The van der Waals surface area contributed by atoms with Crippen molar-refractivity contribution in [3.05, 3.63) is 34.2 Å². The number of hydrogen-bond acceptors (Lipinski definition) is 6. The van der Waals surface area contributed by atoms with Gasteiger partial charge in [-0.3, -0.25) is 10.1 Å². The zero-order chi connectivity index (χ0) is 14.7. The van der Waals surface area contributed by atoms with Crippen LogP contribution in [-0.4, -0.2) is 22.2 Å². The third kappa shape index (κ3) is 2.79. The maximum Gasteiger partial charge on any atom is 0.310 e. The first-order valence-electron chi connectivity index (χ1n) is 5.87. The zero-order valence-corrected chi connectivity index (χ0v) is 12.5. The van der Waals surface area contributed by atoms with Gasteiger partial charge in [0.25, 0.3) is 0 Å². The van der Waals surface area contributed by atoms with Crippen LogP contribution >= 0.6 is 15.9 Å². The van der Waals surface area contributed by atoms with E-state index in [1.807, 2.05) is 6.92 Å². The van der Waals surface area contributed by atoms with Crippen LogP contribution in [0, 0.1) is 10.1 Å². The third-order valence-corrected chi connectivity index (χ3v) is 3.73. The molecule has 0 N–H and O–H groups in total. The van der Waals surface area contributed by atoms with Crippen LogP contribution in [0.5, 0.6) is 5.75 Å². The SMILES string of the molecule is CCC(Br)c1nnc(-c2ccc([N+](=O)[O-])c(OC)c2)o1. The minimum Gasteiger partial charge on any atom is -0.490 e. The number of rotatable bonds is 5. The van der Waals surface area contributed by atoms with Crippen molar-refractivity contribution in [1.82, 2.24) is 10.2 Å². The van der Waals surface area contributed by atoms with E-state index >= 15 is 0 Å². The van der Waals surface area contributed by atoms with Gasteiger partial charge < -0.3 is 9.15 Å². The second kappa shape index (κ2) is 6.00. The highest BCUT2D eigenvalue weighted by Crippen LogP contribution is 2.33. The van der Waals surface area contributed by atoms with Crippen LogP contribution < -0.4 is 4.74 Å². The molecular formula is C12H12BrN3O4. The minimum absolute atomic E-state index is 0.0105. The van der Waals surface area contributed by atoms with E-state index in [1.165, 1.54) is 19.2 Å². The van der Waals surface area contributed by atoms with Crippen molar-refractivity contribution in [2.24, 2.45) is 0 Å². The van der Waals surface area contributed by atoms with E-state index in [2.05, 4.69) is 26.1 Å². The van der Waals surface area contributed by atoms with Gasteiger partial charge in [0, 0.05) is 17.7 Å². The molecule has 0 saturated heterocycles. The van der Waals surface area contributed by atoms with Crippen molar-refractivity contribution in [1.29, 1.82) is 0 Å². The molecule has 0 aliphatic rings. The lowest BCUT2D eigenvalue weighted by Gasteiger charge is -2.03. The van der Waals surface area contributed by atoms with Crippen molar-refractivity contribution in [3.8, 4) is 17.2 Å². The summed E-state index contributed by atoms with van der Waals surface area (Å²) in [5, 5.41) is 18.7. The summed E-state index contributed by atoms with van der Waals surface area (Å²) < 4.78 is 10.5. The van der Waals surface area contributed by atoms with Gasteiger partial charge in [0.15, 0.2) is 5.75 Å². The number of nitrogens with zero attached hydrogens (tertiary/aromatic N) is 3. The molecule has 2 rings (SSSR count). The lowest BCUT2D eigenvalue weighted by atomic mass is 10.2. The van der Waals surface area contributed by atoms with Crippen molar-refractivity contribution < 1.29 is 14.1 Å². The number of nitro groups is 1. The van der Waals surface area contributed by atoms with Crippen LogP contribution in [-0.2, 0) is 0 Å². The van der Waals surface area contributed by atoms with Crippen LogP contribution in [0.25, 0.3) is 11.5 Å². The van der Waals surface area contributed by atoms with E-state index in [1.54, 1.807) is 6.07 Å². The summed E-state index contributed by atoms with van der Waals surface area (Å²) in [7, 11) is 1.37. The van der Waals surface area contributed by atoms with E-state index < -0.39 is 4.92 Å². The van der Waals surface area contributed by atoms with Gasteiger partial charge in [-0.1, -0.05) is 22.9 Å². The molecule has 1 atom stereocenters. The van der Waals surface area contributed by atoms with Crippen LogP contribution in [0.2, 0.25) is 0 Å². The fraction of sp³-hybridized carbons (Fsp3) is 0.333. The Labute approximate surface area is 123 Å². The van der Waals surface area contributed by atoms with Crippen molar-refractivity contribution in [3.63, 3.8) is 0 Å². The smallest absolute Gasteiger partial charge is 0.310 e. The first-order chi connectivity index (χ1) is 9.56. The molecule has 1 unspecified atom stereocenters. The number of alkyl halides is 1. The van der Waals surface area contributed by atoms with Crippen LogP contribution in [0.3, 0.4) is 0 Å². The fourth-order valence-corrected chi connectivity index (χ4v) is 1.80. The van der Waals surface area contributed by atoms with Crippen LogP contribution in [0.4, 0.5) is 5.69 Å². The molecule has 0 aliphatic heterocycles. The fourth-order valence-electron chi connectivity index (χ4n) is 1.61. The second-order valence-electron chi connectivity index (χ2n) is 3.96. The lowest BCUT2D eigenvalue weighted by molar-refractivity contribution is -0.385. The molecule has 0 radical (unpaired) electrons. The molecule has 20 heavy (non-hydrogen) atoms. The summed E-state index contributed by atoms with van der Waals surface area (Å²) in [5.41, 5.74) is 0.463. The second-order valence-corrected chi connectivity index (χ2v) is 5.07. The highest BCUT2D eigenvalue weighted by atomic mass is 79.9. The molecule has 0 amide bonds. The Kier molecular flexibility index (Phi) is 4.33. The highest BCUT2D eigenvalue weighted by Gasteiger charge is 2.19. The zero-order valence-electron chi connectivity index (χ0n) is 10.9. The molecule has 1 heterocycles. The van der Waals surface area contributed by atoms with Crippen molar-refractivity contribution >= 4 is 21.6 Å². The van der Waals surface area contributed by atoms with E-state index in [-0.39, 0.29) is 16.3 Å². The number of hydrogen-bond donors (Lipinski definition) is 0. The summed E-state index contributed by atoms with van der Waals surface area (Å²) >= 11 is 3.42. The van der Waals surface area contributed by atoms with Crippen molar-refractivity contribution in [2.75, 3.05) is 7.11 Å². The van der Waals surface area contributed by atoms with Crippen molar-refractivity contribution in [2.45, 2.75) is 18.2 Å². The molecule has 0 saturated carbocycles. The Hall–Kier alpha value is -1.96. The molecule has 0 spiro atoms. The predicted molar refractivity (Wildman–Crippen MR) is 74.9 cm³/mol. The Morgan fingerprint density at radius 1 is 1.50 bits per heavy atom. The summed E-state index contributed by atoms with van der Waals surface area (Å²) in [6.45, 7) is 1.98. The average Bonchev–Trinajstić information content (AvgIpc) is 2.95. The Bertz CT molecular complexity index is 629. The molecule has 106 valence electrons. The normalized spacial score (nSPS) is 12.2. The van der Waals surface area contributed by atoms with Gasteiger partial charge in [0.05, 0.1) is 16.9 Å². The van der Waals surface area contributed by atoms with Gasteiger partial charge in [-0.15, -0.1) is 10.2 Å². The van der Waals surface area contributed by atoms with E-state index in [0.717, 1.165) is 6.42 Å². The first kappa shape index (κ1) is 14.4. The molecule has 8 heteroatoms. The number of aromatic nitrogens is 2. The molecule has 7 nitrogen and oxygen atoms in total. The number of halogens is 1. The molecule has 1 aromatic heterocycles. The van der Waals surface area contributed by atoms with E-state index in [9.17, 15) is 10.1 Å². The summed E-state index contributed by atoms with van der Waals surface area (Å²) in [5.74, 6) is 0.920. The van der Waals surface area contributed by atoms with E-state index in [0.29, 0.717) is 17.3 Å². The maximum absolute atomic E-state index is 10.8. The molecule has 0 bridgehead atoms. The summed E-state index contributed by atoms with van der Waals surface area (Å²) in [6, 6.07) is 4.40. The number of nitro benzene ring substituents is 1. The average molecular weight is 342 g/mol. The Balaban J connectivity index is 2.38. The Morgan fingerprint density at radius 2 is 2.25 bits per heavy atom. The summed E-state index contributed by atoms with van der Waals surface area (Å²) in [4.78, 5) is 10.3. The molecule has 0 fully saturated rings. The van der Waals surface area contributed by atoms with Gasteiger partial charge in [-0.05, 0) is 12.5 Å². The van der Waals surface area contributed by atoms with Gasteiger partial charge >= 0.3 is 5.69 Å². The highest BCUT2D eigenvalue weighted by molar-refractivity contribution is 9.09. The monoisotopic (exact) mass is 341 g/mol. The summed E-state index contributed by atoms with van der Waals surface area (Å²) in [6.07, 6.45) is 0.811. The van der Waals surface area contributed by atoms with Crippen LogP contribution in [0.15, 0.2) is 22.6 Å². The van der Waals surface area contributed by atoms with E-state index in [4.69, 9.17) is 9.15 Å². The lowest BCUT2D eigenvalue weighted by Crippen LogP contribution is -1.94. The van der Waals surface area contributed by atoms with Crippen LogP contribution in [0.1, 0.15) is 24.1 Å². The third-order valence-electron chi connectivity index (χ3n) is 2.69. The largest absolute Gasteiger partial charge is 0.490 e. The number of ether oxygens (including phenoxy) is 1. The maximum atomic E-state index is 10.8. The molecule has 0 aliphatic carbocycles. The van der Waals surface area contributed by atoms with Gasteiger partial charge in [-0.2, -0.15) is 0 Å². The number of benzene rings is 1. The number of methoxy groups -OCH3 is 1. The molecular weight excluding hydrogens is 330 g/mol. The van der Waals surface area contributed by atoms with Gasteiger partial charge in [0.1, 0.15) is 0 Å². The quantitative estimate of drug-likeness (QED) is 0.469. The van der Waals surface area contributed by atoms with Gasteiger partial charge in [-0.25, -0.2) is 0 Å². The van der Waals surface area contributed by atoms with Gasteiger partial charge in [0.2, 0.25) is 11.8 Å².